The predicted molar refractivity (Wildman–Crippen MR) is 93.5 cm³/mol. The molecule has 0 aromatic carbocycles. The second-order valence-electron chi connectivity index (χ2n) is 6.97. The summed E-state index contributed by atoms with van der Waals surface area (Å²) in [6, 6.07) is -0.0819. The fourth-order valence-corrected chi connectivity index (χ4v) is 4.08. The van der Waals surface area contributed by atoms with E-state index in [0.29, 0.717) is 19.0 Å². The van der Waals surface area contributed by atoms with Crippen molar-refractivity contribution >= 4 is 17.4 Å². The average Bonchev–Trinajstić information content (AvgIpc) is 2.93. The third-order valence-corrected chi connectivity index (χ3v) is 5.34. The van der Waals surface area contributed by atoms with Crippen LogP contribution < -0.4 is 5.32 Å². The van der Waals surface area contributed by atoms with Crippen LogP contribution in [0.25, 0.3) is 0 Å². The summed E-state index contributed by atoms with van der Waals surface area (Å²) in [6.07, 6.45) is 6.69. The van der Waals surface area contributed by atoms with E-state index in [0.717, 1.165) is 42.0 Å². The van der Waals surface area contributed by atoms with Gasteiger partial charge in [-0.2, -0.15) is 0 Å². The van der Waals surface area contributed by atoms with Crippen LogP contribution in [0.5, 0.6) is 0 Å². The van der Waals surface area contributed by atoms with E-state index in [9.17, 15) is 9.90 Å². The van der Waals surface area contributed by atoms with Crippen LogP contribution in [0.1, 0.15) is 49.4 Å². The van der Waals surface area contributed by atoms with Gasteiger partial charge in [-0.25, -0.2) is 9.78 Å². The molecule has 0 unspecified atom stereocenters. The molecule has 1 fully saturated rings. The lowest BCUT2D eigenvalue weighted by molar-refractivity contribution is 0.0565. The highest BCUT2D eigenvalue weighted by atomic mass is 32.1. The smallest absolute Gasteiger partial charge is 0.317 e. The summed E-state index contributed by atoms with van der Waals surface area (Å²) in [5.41, 5.74) is 0. The molecule has 1 aliphatic carbocycles. The molecule has 130 valence electrons. The van der Waals surface area contributed by atoms with Crippen molar-refractivity contribution in [2.75, 3.05) is 13.6 Å². The fraction of sp³-hybridized carbons (Fsp3) is 0.765. The Morgan fingerprint density at radius 2 is 2.22 bits per heavy atom. The van der Waals surface area contributed by atoms with E-state index < -0.39 is 0 Å². The van der Waals surface area contributed by atoms with Crippen LogP contribution in [0.15, 0.2) is 6.20 Å². The number of thiazole rings is 1. The van der Waals surface area contributed by atoms with E-state index >= 15 is 0 Å². The number of hydrogen-bond donors (Lipinski definition) is 2. The number of aromatic nitrogens is 1. The number of nitrogens with one attached hydrogen (secondary N) is 1. The molecule has 5 nitrogen and oxygen atoms in total. The predicted octanol–water partition coefficient (Wildman–Crippen LogP) is 3.03. The first-order valence-electron chi connectivity index (χ1n) is 8.56. The fourth-order valence-electron chi connectivity index (χ4n) is 3.01. The third kappa shape index (κ3) is 5.77. The Morgan fingerprint density at radius 1 is 1.48 bits per heavy atom. The molecule has 1 saturated carbocycles. The van der Waals surface area contributed by atoms with E-state index in [4.69, 9.17) is 0 Å². The molecule has 2 N–H and O–H groups in total. The Balaban J connectivity index is 1.76. The van der Waals surface area contributed by atoms with Crippen LogP contribution in [0.3, 0.4) is 0 Å². The lowest BCUT2D eigenvalue weighted by atomic mass is 9.86. The molecular weight excluding hydrogens is 310 g/mol. The molecule has 23 heavy (non-hydrogen) atoms. The minimum absolute atomic E-state index is 0.0819. The summed E-state index contributed by atoms with van der Waals surface area (Å²) in [5, 5.41) is 14.1. The Bertz CT molecular complexity index is 504. The van der Waals surface area contributed by atoms with Gasteiger partial charge in [0.05, 0.1) is 17.7 Å². The number of nitrogens with zero attached hydrogens (tertiary/aromatic N) is 2. The molecule has 0 aliphatic heterocycles. The second-order valence-corrected chi connectivity index (χ2v) is 8.17. The van der Waals surface area contributed by atoms with Crippen molar-refractivity contribution in [1.29, 1.82) is 0 Å². The van der Waals surface area contributed by atoms with E-state index in [2.05, 4.69) is 24.1 Å². The minimum Gasteiger partial charge on any atom is -0.393 e. The van der Waals surface area contributed by atoms with Crippen LogP contribution in [0.2, 0.25) is 0 Å². The Labute approximate surface area is 143 Å². The maximum Gasteiger partial charge on any atom is 0.317 e. The summed E-state index contributed by atoms with van der Waals surface area (Å²) in [5.74, 6) is 0.803. The zero-order chi connectivity index (χ0) is 16.8. The first kappa shape index (κ1) is 18.2. The molecule has 2 rings (SSSR count). The molecule has 1 aliphatic rings. The van der Waals surface area contributed by atoms with Crippen LogP contribution >= 0.6 is 11.3 Å². The van der Waals surface area contributed by atoms with Gasteiger partial charge in [0.2, 0.25) is 0 Å². The zero-order valence-electron chi connectivity index (χ0n) is 14.4. The third-order valence-electron chi connectivity index (χ3n) is 4.32. The van der Waals surface area contributed by atoms with Gasteiger partial charge in [0.1, 0.15) is 0 Å². The largest absolute Gasteiger partial charge is 0.393 e. The SMILES string of the molecule is CC(C)Cc1ncc(CNC(=O)N(C)C[C@H]2CCCC[C@H]2O)s1. The summed E-state index contributed by atoms with van der Waals surface area (Å²) in [4.78, 5) is 19.4. The quantitative estimate of drug-likeness (QED) is 0.837. The zero-order valence-corrected chi connectivity index (χ0v) is 15.2. The number of urea groups is 1. The van der Waals surface area contributed by atoms with Crippen molar-refractivity contribution in [3.8, 4) is 0 Å². The van der Waals surface area contributed by atoms with Gasteiger partial charge in [0.15, 0.2) is 0 Å². The molecule has 1 aromatic heterocycles. The first-order chi connectivity index (χ1) is 11.0. The van der Waals surface area contributed by atoms with Gasteiger partial charge in [0.25, 0.3) is 0 Å². The molecular formula is C17H29N3O2S. The number of carbonyl (C=O) groups is 1. The number of aliphatic hydroxyl groups excluding tert-OH is 1. The Hall–Kier alpha value is -1.14. The molecule has 0 bridgehead atoms. The van der Waals surface area contributed by atoms with Crippen molar-refractivity contribution < 1.29 is 9.90 Å². The van der Waals surface area contributed by atoms with Crippen LogP contribution in [-0.2, 0) is 13.0 Å². The monoisotopic (exact) mass is 339 g/mol. The van der Waals surface area contributed by atoms with Crippen molar-refractivity contribution in [1.82, 2.24) is 15.2 Å². The summed E-state index contributed by atoms with van der Waals surface area (Å²) >= 11 is 1.67. The van der Waals surface area contributed by atoms with Gasteiger partial charge in [-0.15, -0.1) is 11.3 Å². The molecule has 1 heterocycles. The minimum atomic E-state index is -0.265. The highest BCUT2D eigenvalue weighted by Crippen LogP contribution is 2.25. The number of amides is 2. The standard InChI is InChI=1S/C17H29N3O2S/c1-12(2)8-16-18-9-14(23-16)10-19-17(22)20(3)11-13-6-4-5-7-15(13)21/h9,12-13,15,21H,4-8,10-11H2,1-3H3,(H,19,22)/t13-,15-/m1/s1. The molecule has 0 saturated heterocycles. The van der Waals surface area contributed by atoms with Crippen molar-refractivity contribution in [3.63, 3.8) is 0 Å². The number of carbonyl (C=O) groups excluding carboxylic acids is 1. The first-order valence-corrected chi connectivity index (χ1v) is 9.38. The highest BCUT2D eigenvalue weighted by molar-refractivity contribution is 7.11. The summed E-state index contributed by atoms with van der Waals surface area (Å²) < 4.78 is 0. The normalized spacial score (nSPS) is 21.4. The maximum atomic E-state index is 12.2. The average molecular weight is 340 g/mol. The molecule has 0 spiro atoms. The topological polar surface area (TPSA) is 65.5 Å². The van der Waals surface area contributed by atoms with Gasteiger partial charge in [0, 0.05) is 37.0 Å². The van der Waals surface area contributed by atoms with Gasteiger partial charge in [-0.1, -0.05) is 26.7 Å². The number of hydrogen-bond acceptors (Lipinski definition) is 4. The molecule has 0 radical (unpaired) electrons. The van der Waals surface area contributed by atoms with Gasteiger partial charge >= 0.3 is 6.03 Å². The van der Waals surface area contributed by atoms with E-state index in [-0.39, 0.29) is 18.1 Å². The molecule has 2 amide bonds. The van der Waals surface area contributed by atoms with Gasteiger partial charge in [-0.05, 0) is 18.8 Å². The summed E-state index contributed by atoms with van der Waals surface area (Å²) in [7, 11) is 1.80. The van der Waals surface area contributed by atoms with Gasteiger partial charge in [-0.3, -0.25) is 0 Å². The molecule has 2 atom stereocenters. The van der Waals surface area contributed by atoms with Crippen molar-refractivity contribution in [3.05, 3.63) is 16.1 Å². The Kier molecular flexibility index (Phi) is 6.84. The number of rotatable bonds is 6. The van der Waals surface area contributed by atoms with Crippen LogP contribution in [0.4, 0.5) is 4.79 Å². The lowest BCUT2D eigenvalue weighted by Crippen LogP contribution is -2.42. The van der Waals surface area contributed by atoms with Crippen molar-refractivity contribution in [2.24, 2.45) is 11.8 Å². The number of aliphatic hydroxyl groups is 1. The van der Waals surface area contributed by atoms with Crippen LogP contribution in [-0.4, -0.2) is 40.7 Å². The Morgan fingerprint density at radius 3 is 2.91 bits per heavy atom. The summed E-state index contributed by atoms with van der Waals surface area (Å²) in [6.45, 7) is 5.50. The van der Waals surface area contributed by atoms with E-state index in [1.54, 1.807) is 23.3 Å². The molecule has 1 aromatic rings. The second kappa shape index (κ2) is 8.64. The van der Waals surface area contributed by atoms with Crippen molar-refractivity contribution in [2.45, 2.75) is 58.6 Å². The van der Waals surface area contributed by atoms with E-state index in [1.165, 1.54) is 0 Å². The lowest BCUT2D eigenvalue weighted by Gasteiger charge is -2.31. The highest BCUT2D eigenvalue weighted by Gasteiger charge is 2.25. The molecule has 6 heteroatoms. The van der Waals surface area contributed by atoms with E-state index in [1.807, 2.05) is 6.20 Å². The van der Waals surface area contributed by atoms with Gasteiger partial charge < -0.3 is 15.3 Å². The van der Waals surface area contributed by atoms with Crippen LogP contribution in [0, 0.1) is 11.8 Å². The maximum absolute atomic E-state index is 12.2.